The second-order valence-corrected chi connectivity index (χ2v) is 9.84. The molecule has 3 heteroatoms. The van der Waals surface area contributed by atoms with Crippen LogP contribution in [0.1, 0.15) is 12.8 Å². The Morgan fingerprint density at radius 2 is 2.09 bits per heavy atom. The molecule has 66 valence electrons. The highest BCUT2D eigenvalue weighted by Gasteiger charge is 2.33. The number of aliphatic hydroxyl groups is 1. The van der Waals surface area contributed by atoms with Gasteiger partial charge in [-0.25, -0.2) is 0 Å². The normalized spacial score (nSPS) is 28.9. The highest BCUT2D eigenvalue weighted by Crippen LogP contribution is 2.17. The zero-order valence-electron chi connectivity index (χ0n) is 7.72. The zero-order chi connectivity index (χ0) is 8.48. The third-order valence-electron chi connectivity index (χ3n) is 2.37. The van der Waals surface area contributed by atoms with E-state index in [0.29, 0.717) is 6.04 Å². The van der Waals surface area contributed by atoms with Crippen molar-refractivity contribution in [3.63, 3.8) is 0 Å². The van der Waals surface area contributed by atoms with Gasteiger partial charge in [-0.3, -0.25) is 0 Å². The van der Waals surface area contributed by atoms with E-state index in [9.17, 15) is 5.11 Å². The van der Waals surface area contributed by atoms with Crippen LogP contribution < -0.4 is 5.32 Å². The van der Waals surface area contributed by atoms with Gasteiger partial charge in [0, 0.05) is 6.04 Å². The maximum atomic E-state index is 9.88. The lowest BCUT2D eigenvalue weighted by molar-refractivity contribution is 0.201. The first kappa shape index (κ1) is 9.23. The van der Waals surface area contributed by atoms with Crippen LogP contribution in [0.3, 0.4) is 0 Å². The fraction of sp³-hybridized carbons (Fsp3) is 1.00. The summed E-state index contributed by atoms with van der Waals surface area (Å²) in [5, 5.41) is 13.2. The van der Waals surface area contributed by atoms with Crippen molar-refractivity contribution < 1.29 is 5.11 Å². The van der Waals surface area contributed by atoms with E-state index < -0.39 is 8.07 Å². The number of aliphatic hydroxyl groups excluding tert-OH is 1. The van der Waals surface area contributed by atoms with Crippen LogP contribution in [-0.4, -0.2) is 31.5 Å². The van der Waals surface area contributed by atoms with Gasteiger partial charge in [0.25, 0.3) is 0 Å². The molecule has 1 aliphatic rings. The Balaban J connectivity index is 2.46. The zero-order valence-corrected chi connectivity index (χ0v) is 8.72. The molecule has 0 aromatic carbocycles. The molecular formula is C8H19NOSi. The quantitative estimate of drug-likeness (QED) is 0.610. The second kappa shape index (κ2) is 3.25. The molecule has 0 aromatic rings. The van der Waals surface area contributed by atoms with Crippen molar-refractivity contribution in [2.24, 2.45) is 0 Å². The van der Waals surface area contributed by atoms with Crippen LogP contribution in [0.2, 0.25) is 19.6 Å². The summed E-state index contributed by atoms with van der Waals surface area (Å²) < 4.78 is 0. The van der Waals surface area contributed by atoms with Crippen molar-refractivity contribution in [1.29, 1.82) is 0 Å². The van der Waals surface area contributed by atoms with E-state index in [1.807, 2.05) is 0 Å². The average molecular weight is 173 g/mol. The van der Waals surface area contributed by atoms with Gasteiger partial charge in [0.15, 0.2) is 0 Å². The molecular weight excluding hydrogens is 154 g/mol. The predicted octanol–water partition coefficient (Wildman–Crippen LogP) is 0.977. The van der Waals surface area contributed by atoms with Crippen LogP contribution in [0.4, 0.5) is 0 Å². The van der Waals surface area contributed by atoms with E-state index in [2.05, 4.69) is 25.0 Å². The Bertz CT molecular complexity index is 127. The molecule has 0 spiro atoms. The number of rotatable bonds is 2. The van der Waals surface area contributed by atoms with E-state index in [1.54, 1.807) is 0 Å². The van der Waals surface area contributed by atoms with Crippen LogP contribution in [0.15, 0.2) is 0 Å². The molecule has 1 aliphatic heterocycles. The van der Waals surface area contributed by atoms with Gasteiger partial charge < -0.3 is 10.4 Å². The standard InChI is InChI=1S/C8H19NOSi/c1-11(2,3)8(10)7-5-4-6-9-7/h7-10H,4-6H2,1-3H3/t7-,8?/m0/s1. The van der Waals surface area contributed by atoms with Gasteiger partial charge >= 0.3 is 0 Å². The largest absolute Gasteiger partial charge is 0.395 e. The molecule has 1 rings (SSSR count). The minimum Gasteiger partial charge on any atom is -0.395 e. The lowest BCUT2D eigenvalue weighted by Gasteiger charge is -2.29. The topological polar surface area (TPSA) is 32.3 Å². The third-order valence-corrected chi connectivity index (χ3v) is 4.54. The monoisotopic (exact) mass is 173 g/mol. The summed E-state index contributed by atoms with van der Waals surface area (Å²) in [6.07, 6.45) is 2.39. The first-order valence-corrected chi connectivity index (χ1v) is 8.01. The van der Waals surface area contributed by atoms with Gasteiger partial charge in [-0.15, -0.1) is 0 Å². The van der Waals surface area contributed by atoms with Crippen molar-refractivity contribution in [2.45, 2.75) is 44.3 Å². The SMILES string of the molecule is C[Si](C)(C)C(O)[C@@H]1CCCN1. The predicted molar refractivity (Wildman–Crippen MR) is 50.4 cm³/mol. The van der Waals surface area contributed by atoms with E-state index in [4.69, 9.17) is 0 Å². The molecule has 0 aliphatic carbocycles. The van der Waals surface area contributed by atoms with E-state index >= 15 is 0 Å². The summed E-state index contributed by atoms with van der Waals surface area (Å²) >= 11 is 0. The van der Waals surface area contributed by atoms with Gasteiger partial charge in [-0.1, -0.05) is 19.6 Å². The fourth-order valence-electron chi connectivity index (χ4n) is 1.58. The molecule has 0 amide bonds. The van der Waals surface area contributed by atoms with Gasteiger partial charge in [0.1, 0.15) is 0 Å². The Labute approximate surface area is 70.0 Å². The Morgan fingerprint density at radius 1 is 1.45 bits per heavy atom. The Morgan fingerprint density at radius 3 is 2.45 bits per heavy atom. The van der Waals surface area contributed by atoms with Gasteiger partial charge in [0.05, 0.1) is 13.8 Å². The first-order chi connectivity index (χ1) is 5.02. The molecule has 1 heterocycles. The number of nitrogens with one attached hydrogen (secondary N) is 1. The van der Waals surface area contributed by atoms with Crippen molar-refractivity contribution >= 4 is 8.07 Å². The minimum absolute atomic E-state index is 0.0648. The van der Waals surface area contributed by atoms with Gasteiger partial charge in [0.2, 0.25) is 0 Å². The van der Waals surface area contributed by atoms with Crippen molar-refractivity contribution in [3.05, 3.63) is 0 Å². The molecule has 0 aromatic heterocycles. The highest BCUT2D eigenvalue weighted by atomic mass is 28.3. The minimum atomic E-state index is -1.33. The van der Waals surface area contributed by atoms with Crippen LogP contribution in [0.5, 0.6) is 0 Å². The van der Waals surface area contributed by atoms with E-state index in [0.717, 1.165) is 13.0 Å². The summed E-state index contributed by atoms with van der Waals surface area (Å²) in [6.45, 7) is 7.75. The summed E-state index contributed by atoms with van der Waals surface area (Å²) in [7, 11) is -1.33. The number of hydrogen-bond acceptors (Lipinski definition) is 2. The maximum Gasteiger partial charge on any atom is 0.0802 e. The first-order valence-electron chi connectivity index (χ1n) is 4.43. The summed E-state index contributed by atoms with van der Waals surface area (Å²) in [4.78, 5) is 0. The average Bonchev–Trinajstić information content (AvgIpc) is 2.34. The Hall–Kier alpha value is 0.137. The summed E-state index contributed by atoms with van der Waals surface area (Å²) in [5.41, 5.74) is -0.0648. The third kappa shape index (κ3) is 2.29. The number of hydrogen-bond donors (Lipinski definition) is 2. The van der Waals surface area contributed by atoms with E-state index in [-0.39, 0.29) is 5.73 Å². The van der Waals surface area contributed by atoms with Gasteiger partial charge in [-0.05, 0) is 19.4 Å². The molecule has 1 unspecified atom stereocenters. The lowest BCUT2D eigenvalue weighted by Crippen LogP contribution is -2.50. The second-order valence-electron chi connectivity index (χ2n) is 4.51. The molecule has 0 radical (unpaired) electrons. The van der Waals surface area contributed by atoms with Crippen LogP contribution in [-0.2, 0) is 0 Å². The van der Waals surface area contributed by atoms with Crippen LogP contribution in [0, 0.1) is 0 Å². The van der Waals surface area contributed by atoms with Crippen LogP contribution in [0.25, 0.3) is 0 Å². The van der Waals surface area contributed by atoms with Crippen molar-refractivity contribution in [2.75, 3.05) is 6.54 Å². The molecule has 2 N–H and O–H groups in total. The summed E-state index contributed by atoms with van der Waals surface area (Å²) in [6, 6.07) is 0.390. The molecule has 1 fully saturated rings. The smallest absolute Gasteiger partial charge is 0.0802 e. The highest BCUT2D eigenvalue weighted by molar-refractivity contribution is 6.77. The van der Waals surface area contributed by atoms with Crippen molar-refractivity contribution in [1.82, 2.24) is 5.32 Å². The molecule has 0 saturated carbocycles. The fourth-order valence-corrected chi connectivity index (χ4v) is 3.08. The maximum absolute atomic E-state index is 9.88. The molecule has 2 atom stereocenters. The van der Waals surface area contributed by atoms with Crippen molar-refractivity contribution in [3.8, 4) is 0 Å². The molecule has 11 heavy (non-hydrogen) atoms. The van der Waals surface area contributed by atoms with Crippen LogP contribution >= 0.6 is 0 Å². The Kier molecular flexibility index (Phi) is 2.73. The molecule has 0 bridgehead atoms. The molecule has 2 nitrogen and oxygen atoms in total. The lowest BCUT2D eigenvalue weighted by atomic mass is 10.2. The molecule has 1 saturated heterocycles. The van der Waals surface area contributed by atoms with Gasteiger partial charge in [-0.2, -0.15) is 0 Å². The van der Waals surface area contributed by atoms with E-state index in [1.165, 1.54) is 6.42 Å². The summed E-state index contributed by atoms with van der Waals surface area (Å²) in [5.74, 6) is 0.